The van der Waals surface area contributed by atoms with E-state index in [1.807, 2.05) is 20.6 Å². The van der Waals surface area contributed by atoms with Crippen LogP contribution in [0.1, 0.15) is 53.9 Å². The molecule has 3 heteroatoms. The van der Waals surface area contributed by atoms with Crippen molar-refractivity contribution in [1.29, 1.82) is 0 Å². The van der Waals surface area contributed by atoms with Gasteiger partial charge in [0.2, 0.25) is 0 Å². The molecule has 0 spiro atoms. The molecule has 0 aliphatic heterocycles. The Morgan fingerprint density at radius 1 is 1.26 bits per heavy atom. The third kappa shape index (κ3) is 8.20. The lowest BCUT2D eigenvalue weighted by atomic mass is 9.78. The number of ketones is 1. The van der Waals surface area contributed by atoms with Crippen molar-refractivity contribution < 1.29 is 9.59 Å². The second kappa shape index (κ2) is 12.4. The molecule has 19 heavy (non-hydrogen) atoms. The van der Waals surface area contributed by atoms with Crippen LogP contribution in [-0.2, 0) is 9.59 Å². The summed E-state index contributed by atoms with van der Waals surface area (Å²) in [7, 11) is 0. The first-order valence-electron chi connectivity index (χ1n) is 7.00. The molecule has 112 valence electrons. The zero-order valence-electron chi connectivity index (χ0n) is 13.0. The Bertz CT molecular complexity index is 272. The van der Waals surface area contributed by atoms with E-state index in [1.165, 1.54) is 5.57 Å². The van der Waals surface area contributed by atoms with Gasteiger partial charge in [0.1, 0.15) is 12.6 Å². The average Bonchev–Trinajstić information content (AvgIpc) is 2.42. The van der Waals surface area contributed by atoms with E-state index in [0.717, 1.165) is 12.8 Å². The SMILES string of the molecule is C/C=C(/CCCl)C(C)C(CC(C)C)C(=O)CC.C=O. The lowest BCUT2D eigenvalue weighted by Crippen LogP contribution is -2.24. The van der Waals surface area contributed by atoms with Gasteiger partial charge >= 0.3 is 0 Å². The Morgan fingerprint density at radius 3 is 2.11 bits per heavy atom. The first kappa shape index (κ1) is 20.7. The molecule has 2 atom stereocenters. The Labute approximate surface area is 123 Å². The third-order valence-electron chi connectivity index (χ3n) is 3.43. The molecule has 0 heterocycles. The molecular weight excluding hydrogens is 260 g/mol. The summed E-state index contributed by atoms with van der Waals surface area (Å²) in [5.41, 5.74) is 1.33. The molecule has 2 unspecified atom stereocenters. The minimum absolute atomic E-state index is 0.161. The van der Waals surface area contributed by atoms with Crippen LogP contribution < -0.4 is 0 Å². The van der Waals surface area contributed by atoms with Gasteiger partial charge in [0, 0.05) is 18.2 Å². The average molecular weight is 289 g/mol. The predicted molar refractivity (Wildman–Crippen MR) is 83.6 cm³/mol. The van der Waals surface area contributed by atoms with Crippen molar-refractivity contribution in [3.8, 4) is 0 Å². The number of hydrogen-bond acceptors (Lipinski definition) is 2. The van der Waals surface area contributed by atoms with Crippen LogP contribution in [0.2, 0.25) is 0 Å². The maximum absolute atomic E-state index is 12.1. The standard InChI is InChI=1S/C15H27ClO.CH2O/c1-6-13(8-9-16)12(5)14(10-11(3)4)15(17)7-2;1-2/h6,11-12,14H,7-10H2,1-5H3;1H2/b13-6-;. The van der Waals surface area contributed by atoms with Crippen LogP contribution in [-0.4, -0.2) is 18.5 Å². The normalized spacial score (nSPS) is 14.6. The second-order valence-electron chi connectivity index (χ2n) is 5.15. The van der Waals surface area contributed by atoms with Crippen LogP contribution in [0.4, 0.5) is 0 Å². The van der Waals surface area contributed by atoms with Gasteiger partial charge in [0.15, 0.2) is 0 Å². The van der Waals surface area contributed by atoms with Gasteiger partial charge < -0.3 is 4.79 Å². The summed E-state index contributed by atoms with van der Waals surface area (Å²) < 4.78 is 0. The molecule has 0 aromatic heterocycles. The third-order valence-corrected chi connectivity index (χ3v) is 3.62. The largest absolute Gasteiger partial charge is 0.307 e. The quantitative estimate of drug-likeness (QED) is 0.481. The fraction of sp³-hybridized carbons (Fsp3) is 0.750. The maximum atomic E-state index is 12.1. The minimum Gasteiger partial charge on any atom is -0.307 e. The number of Topliss-reactive ketones (excluding diaryl/α,β-unsaturated/α-hetero) is 1. The Morgan fingerprint density at radius 2 is 1.79 bits per heavy atom. The van der Waals surface area contributed by atoms with E-state index in [0.29, 0.717) is 29.9 Å². The highest BCUT2D eigenvalue weighted by atomic mass is 35.5. The van der Waals surface area contributed by atoms with E-state index >= 15 is 0 Å². The molecule has 0 bridgehead atoms. The summed E-state index contributed by atoms with van der Waals surface area (Å²) in [5.74, 6) is 2.08. The molecule has 0 radical (unpaired) electrons. The predicted octanol–water partition coefficient (Wildman–Crippen LogP) is 4.65. The van der Waals surface area contributed by atoms with Gasteiger partial charge in [-0.25, -0.2) is 0 Å². The number of allylic oxidation sites excluding steroid dienone is 2. The van der Waals surface area contributed by atoms with Crippen molar-refractivity contribution in [3.05, 3.63) is 11.6 Å². The van der Waals surface area contributed by atoms with Crippen molar-refractivity contribution in [2.24, 2.45) is 17.8 Å². The number of rotatable bonds is 8. The first-order chi connectivity index (χ1) is 8.97. The molecule has 0 aliphatic rings. The summed E-state index contributed by atoms with van der Waals surface area (Å²) in [6.45, 7) is 12.5. The monoisotopic (exact) mass is 288 g/mol. The maximum Gasteiger partial charge on any atom is 0.136 e. The van der Waals surface area contributed by atoms with Crippen LogP contribution in [0.25, 0.3) is 0 Å². The van der Waals surface area contributed by atoms with Gasteiger partial charge in [-0.1, -0.05) is 39.3 Å². The topological polar surface area (TPSA) is 34.1 Å². The Kier molecular flexibility index (Phi) is 13.5. The zero-order valence-corrected chi connectivity index (χ0v) is 13.8. The van der Waals surface area contributed by atoms with Crippen molar-refractivity contribution in [2.75, 3.05) is 5.88 Å². The summed E-state index contributed by atoms with van der Waals surface area (Å²) in [4.78, 5) is 20.1. The van der Waals surface area contributed by atoms with Crippen LogP contribution >= 0.6 is 11.6 Å². The van der Waals surface area contributed by atoms with Crippen LogP contribution in [0, 0.1) is 17.8 Å². The number of halogens is 1. The molecule has 0 rings (SSSR count). The van der Waals surface area contributed by atoms with Crippen molar-refractivity contribution in [2.45, 2.75) is 53.9 Å². The summed E-state index contributed by atoms with van der Waals surface area (Å²) in [6, 6.07) is 0. The van der Waals surface area contributed by atoms with E-state index in [9.17, 15) is 4.79 Å². The molecule has 0 aromatic rings. The molecular formula is C16H29ClO2. The smallest absolute Gasteiger partial charge is 0.136 e. The van der Waals surface area contributed by atoms with E-state index in [2.05, 4.69) is 26.8 Å². The first-order valence-corrected chi connectivity index (χ1v) is 7.53. The van der Waals surface area contributed by atoms with Gasteiger partial charge in [0.25, 0.3) is 0 Å². The Hall–Kier alpha value is -0.630. The fourth-order valence-corrected chi connectivity index (χ4v) is 2.61. The van der Waals surface area contributed by atoms with Crippen LogP contribution in [0.5, 0.6) is 0 Å². The van der Waals surface area contributed by atoms with E-state index in [1.54, 1.807) is 0 Å². The van der Waals surface area contributed by atoms with Crippen LogP contribution in [0.15, 0.2) is 11.6 Å². The molecule has 2 nitrogen and oxygen atoms in total. The highest BCUT2D eigenvalue weighted by molar-refractivity contribution is 6.18. The van der Waals surface area contributed by atoms with Gasteiger partial charge in [-0.15, -0.1) is 11.6 Å². The van der Waals surface area contributed by atoms with E-state index in [-0.39, 0.29) is 5.92 Å². The lowest BCUT2D eigenvalue weighted by molar-refractivity contribution is -0.124. The van der Waals surface area contributed by atoms with Gasteiger partial charge in [-0.3, -0.25) is 4.79 Å². The number of carbonyl (C=O) groups excluding carboxylic acids is 2. The second-order valence-corrected chi connectivity index (χ2v) is 5.53. The molecule has 0 N–H and O–H groups in total. The fourth-order valence-electron chi connectivity index (χ4n) is 2.39. The van der Waals surface area contributed by atoms with Gasteiger partial charge in [-0.05, 0) is 31.6 Å². The van der Waals surface area contributed by atoms with Crippen molar-refractivity contribution in [1.82, 2.24) is 0 Å². The molecule has 0 aromatic carbocycles. The summed E-state index contributed by atoms with van der Waals surface area (Å²) in [6.07, 6.45) is 4.64. The summed E-state index contributed by atoms with van der Waals surface area (Å²) in [5, 5.41) is 0. The molecule has 0 saturated heterocycles. The molecule has 0 amide bonds. The van der Waals surface area contributed by atoms with Gasteiger partial charge in [-0.2, -0.15) is 0 Å². The van der Waals surface area contributed by atoms with Crippen molar-refractivity contribution in [3.63, 3.8) is 0 Å². The molecule has 0 aliphatic carbocycles. The lowest BCUT2D eigenvalue weighted by Gasteiger charge is -2.26. The minimum atomic E-state index is 0.161. The zero-order chi connectivity index (χ0) is 15.4. The number of alkyl halides is 1. The van der Waals surface area contributed by atoms with Crippen molar-refractivity contribution >= 4 is 24.2 Å². The van der Waals surface area contributed by atoms with Crippen LogP contribution in [0.3, 0.4) is 0 Å². The number of carbonyl (C=O) groups is 2. The summed E-state index contributed by atoms with van der Waals surface area (Å²) >= 11 is 5.82. The van der Waals surface area contributed by atoms with Gasteiger partial charge in [0.05, 0.1) is 0 Å². The van der Waals surface area contributed by atoms with E-state index < -0.39 is 0 Å². The Balaban J connectivity index is 0. The highest BCUT2D eigenvalue weighted by Gasteiger charge is 2.26. The molecule has 0 saturated carbocycles. The molecule has 0 fully saturated rings. The highest BCUT2D eigenvalue weighted by Crippen LogP contribution is 2.30. The number of hydrogen-bond donors (Lipinski definition) is 0. The van der Waals surface area contributed by atoms with E-state index in [4.69, 9.17) is 16.4 Å².